The fraction of sp³-hybridized carbons (Fsp3) is 0.526. The van der Waals surface area contributed by atoms with Gasteiger partial charge in [-0.2, -0.15) is 0 Å². The van der Waals surface area contributed by atoms with Crippen molar-refractivity contribution in [2.45, 2.75) is 25.4 Å². The first-order valence-electron chi connectivity index (χ1n) is 9.16. The topological polar surface area (TPSA) is 74.5 Å². The number of carbonyl (C=O) groups excluding carboxylic acids is 1. The second-order valence-electron chi connectivity index (χ2n) is 7.65. The van der Waals surface area contributed by atoms with Gasteiger partial charge in [0.15, 0.2) is 0 Å². The van der Waals surface area contributed by atoms with Crippen LogP contribution in [0, 0.1) is 11.8 Å². The van der Waals surface area contributed by atoms with E-state index in [1.165, 1.54) is 0 Å². The molecule has 1 N–H and O–H groups in total. The molecule has 2 bridgehead atoms. The highest BCUT2D eigenvalue weighted by Crippen LogP contribution is 2.37. The van der Waals surface area contributed by atoms with Crippen LogP contribution in [0.1, 0.15) is 12.8 Å². The molecule has 3 aliphatic rings. The summed E-state index contributed by atoms with van der Waals surface area (Å²) in [6.45, 7) is 2.69. The van der Waals surface area contributed by atoms with Gasteiger partial charge in [-0.25, -0.2) is 0 Å². The molecule has 1 aromatic carbocycles. The molecule has 26 heavy (non-hydrogen) atoms. The van der Waals surface area contributed by atoms with Crippen LogP contribution in [0.4, 0.5) is 0 Å². The van der Waals surface area contributed by atoms with Crippen LogP contribution < -0.4 is 0 Å². The molecule has 0 aliphatic carbocycles. The maximum Gasteiger partial charge on any atom is 0.226 e. The Balaban J connectivity index is 1.44. The largest absolute Gasteiger partial charge is 0.508 e. The van der Waals surface area contributed by atoms with Gasteiger partial charge in [-0.15, -0.1) is 5.10 Å². The van der Waals surface area contributed by atoms with E-state index >= 15 is 0 Å². The lowest BCUT2D eigenvalue weighted by Gasteiger charge is -2.49. The summed E-state index contributed by atoms with van der Waals surface area (Å²) in [6, 6.07) is 7.46. The lowest BCUT2D eigenvalue weighted by Crippen LogP contribution is -2.57. The number of piperidine rings is 3. The van der Waals surface area contributed by atoms with Crippen LogP contribution >= 0.6 is 0 Å². The Hall–Kier alpha value is -2.41. The van der Waals surface area contributed by atoms with Crippen molar-refractivity contribution in [1.82, 2.24) is 24.8 Å². The Morgan fingerprint density at radius 1 is 1.38 bits per heavy atom. The molecule has 2 aromatic rings. The Morgan fingerprint density at radius 2 is 2.23 bits per heavy atom. The minimum Gasteiger partial charge on any atom is -0.508 e. The maximum absolute atomic E-state index is 12.4. The number of phenols is 1. The normalized spacial score (nSPS) is 27.5. The smallest absolute Gasteiger partial charge is 0.226 e. The lowest BCUT2D eigenvalue weighted by atomic mass is 9.75. The van der Waals surface area contributed by atoms with Crippen molar-refractivity contribution >= 4 is 5.91 Å². The number of rotatable bonds is 4. The van der Waals surface area contributed by atoms with Gasteiger partial charge in [-0.3, -0.25) is 14.4 Å². The second kappa shape index (κ2) is 6.72. The Kier molecular flexibility index (Phi) is 4.40. The minimum absolute atomic E-state index is 0.133. The number of amides is 1. The van der Waals surface area contributed by atoms with E-state index in [0.29, 0.717) is 12.0 Å². The number of carbonyl (C=O) groups is 1. The van der Waals surface area contributed by atoms with E-state index in [1.54, 1.807) is 23.1 Å². The molecule has 4 heterocycles. The quantitative estimate of drug-likeness (QED) is 0.898. The van der Waals surface area contributed by atoms with E-state index in [-0.39, 0.29) is 17.6 Å². The predicted octanol–water partition coefficient (Wildman–Crippen LogP) is 1.45. The summed E-state index contributed by atoms with van der Waals surface area (Å²) in [4.78, 5) is 16.5. The number of aromatic nitrogens is 3. The van der Waals surface area contributed by atoms with Gasteiger partial charge in [0.1, 0.15) is 11.4 Å². The van der Waals surface area contributed by atoms with E-state index in [4.69, 9.17) is 0 Å². The lowest BCUT2D eigenvalue weighted by molar-refractivity contribution is -0.141. The molecule has 0 radical (unpaired) electrons. The molecule has 4 atom stereocenters. The van der Waals surface area contributed by atoms with Crippen molar-refractivity contribution in [3.8, 4) is 17.0 Å². The standard InChI is InChI=1S/C19H25N5O2/c1-22(2)19(26)17-11-23-7-6-13(17)8-15(23)10-24-12-18(20-21-24)14-4-3-5-16(25)9-14/h3-5,9,12-13,15,17,25H,6-8,10-11H2,1-2H3/t13-,15+,17-/m0/s1. The van der Waals surface area contributed by atoms with Crippen molar-refractivity contribution < 1.29 is 9.90 Å². The highest BCUT2D eigenvalue weighted by Gasteiger charge is 2.43. The molecule has 1 aromatic heterocycles. The summed E-state index contributed by atoms with van der Waals surface area (Å²) in [5.41, 5.74) is 1.62. The van der Waals surface area contributed by atoms with Gasteiger partial charge in [-0.1, -0.05) is 17.3 Å². The van der Waals surface area contributed by atoms with Gasteiger partial charge in [-0.05, 0) is 37.4 Å². The molecule has 138 valence electrons. The first-order valence-corrected chi connectivity index (χ1v) is 9.16. The first-order chi connectivity index (χ1) is 12.5. The van der Waals surface area contributed by atoms with E-state index in [0.717, 1.165) is 43.7 Å². The molecule has 0 spiro atoms. The fourth-order valence-electron chi connectivity index (χ4n) is 4.34. The first kappa shape index (κ1) is 17.0. The SMILES string of the molecule is CN(C)C(=O)[C@H]1CN2CC[C@H]1C[C@@H]2Cn1cc(-c2cccc(O)c2)nn1. The van der Waals surface area contributed by atoms with Crippen LogP contribution in [0.5, 0.6) is 5.75 Å². The molecular weight excluding hydrogens is 330 g/mol. The van der Waals surface area contributed by atoms with Crippen molar-refractivity contribution in [1.29, 1.82) is 0 Å². The molecule has 7 heteroatoms. The van der Waals surface area contributed by atoms with Gasteiger partial charge in [0, 0.05) is 32.2 Å². The number of aromatic hydroxyl groups is 1. The number of nitrogens with zero attached hydrogens (tertiary/aromatic N) is 5. The summed E-state index contributed by atoms with van der Waals surface area (Å²) in [5.74, 6) is 1.08. The van der Waals surface area contributed by atoms with Crippen molar-refractivity contribution in [3.63, 3.8) is 0 Å². The highest BCUT2D eigenvalue weighted by molar-refractivity contribution is 5.79. The Labute approximate surface area is 153 Å². The van der Waals surface area contributed by atoms with E-state index < -0.39 is 0 Å². The number of hydrogen-bond donors (Lipinski definition) is 1. The molecule has 7 nitrogen and oxygen atoms in total. The summed E-state index contributed by atoms with van der Waals surface area (Å²) in [7, 11) is 3.69. The molecule has 3 fully saturated rings. The fourth-order valence-corrected chi connectivity index (χ4v) is 4.34. The summed E-state index contributed by atoms with van der Waals surface area (Å²) in [5, 5.41) is 18.1. The number of hydrogen-bond acceptors (Lipinski definition) is 5. The molecule has 3 aliphatic heterocycles. The highest BCUT2D eigenvalue weighted by atomic mass is 16.3. The zero-order valence-electron chi connectivity index (χ0n) is 15.2. The summed E-state index contributed by atoms with van der Waals surface area (Å²) >= 11 is 0. The molecule has 0 saturated carbocycles. The van der Waals surface area contributed by atoms with Gasteiger partial charge >= 0.3 is 0 Å². The predicted molar refractivity (Wildman–Crippen MR) is 97.4 cm³/mol. The zero-order chi connectivity index (χ0) is 18.3. The van der Waals surface area contributed by atoms with Crippen LogP contribution in [0.2, 0.25) is 0 Å². The number of phenolic OH excluding ortho intramolecular Hbond substituents is 1. The summed E-state index contributed by atoms with van der Waals surface area (Å²) in [6.07, 6.45) is 4.07. The van der Waals surface area contributed by atoms with Crippen LogP contribution in [0.25, 0.3) is 11.3 Å². The van der Waals surface area contributed by atoms with Gasteiger partial charge in [0.05, 0.1) is 18.7 Å². The van der Waals surface area contributed by atoms with Crippen molar-refractivity contribution in [2.75, 3.05) is 27.2 Å². The van der Waals surface area contributed by atoms with E-state index in [1.807, 2.05) is 31.0 Å². The second-order valence-corrected chi connectivity index (χ2v) is 7.65. The van der Waals surface area contributed by atoms with Gasteiger partial charge in [0.2, 0.25) is 5.91 Å². The monoisotopic (exact) mass is 355 g/mol. The van der Waals surface area contributed by atoms with Crippen LogP contribution in [0.15, 0.2) is 30.5 Å². The van der Waals surface area contributed by atoms with Crippen molar-refractivity contribution in [3.05, 3.63) is 30.5 Å². The average molecular weight is 355 g/mol. The molecular formula is C19H25N5O2. The van der Waals surface area contributed by atoms with Crippen LogP contribution in [0.3, 0.4) is 0 Å². The third kappa shape index (κ3) is 3.19. The Bertz CT molecular complexity index is 803. The molecule has 1 amide bonds. The summed E-state index contributed by atoms with van der Waals surface area (Å²) < 4.78 is 1.88. The van der Waals surface area contributed by atoms with E-state index in [2.05, 4.69) is 15.2 Å². The average Bonchev–Trinajstić information content (AvgIpc) is 3.10. The van der Waals surface area contributed by atoms with Gasteiger partial charge in [0.25, 0.3) is 0 Å². The zero-order valence-corrected chi connectivity index (χ0v) is 15.2. The third-order valence-electron chi connectivity index (χ3n) is 5.71. The third-order valence-corrected chi connectivity index (χ3v) is 5.71. The molecule has 1 unspecified atom stereocenters. The number of fused-ring (bicyclic) bond motifs is 3. The minimum atomic E-state index is 0.133. The maximum atomic E-state index is 12.4. The van der Waals surface area contributed by atoms with Crippen molar-refractivity contribution in [2.24, 2.45) is 11.8 Å². The van der Waals surface area contributed by atoms with E-state index in [9.17, 15) is 9.90 Å². The van der Waals surface area contributed by atoms with Crippen LogP contribution in [-0.4, -0.2) is 69.0 Å². The van der Waals surface area contributed by atoms with Crippen LogP contribution in [-0.2, 0) is 11.3 Å². The Morgan fingerprint density at radius 3 is 2.92 bits per heavy atom. The number of benzene rings is 1. The van der Waals surface area contributed by atoms with Gasteiger partial charge < -0.3 is 10.0 Å². The molecule has 3 saturated heterocycles. The molecule has 5 rings (SSSR count).